The van der Waals surface area contributed by atoms with Crippen LogP contribution < -0.4 is 0 Å². The van der Waals surface area contributed by atoms with Gasteiger partial charge in [0.15, 0.2) is 5.73 Å². The molecule has 0 N–H and O–H groups in total. The molecule has 0 nitrogen and oxygen atoms in total. The molecule has 0 spiro atoms. The molecule has 0 bridgehead atoms. The normalized spacial score (nSPS) is 4.00. The van der Waals surface area contributed by atoms with Gasteiger partial charge in [0.2, 0.25) is 0 Å². The van der Waals surface area contributed by atoms with Gasteiger partial charge in [-0.1, -0.05) is 0 Å². The van der Waals surface area contributed by atoms with Crippen LogP contribution in [0.3, 0.4) is 0 Å². The van der Waals surface area contributed by atoms with Gasteiger partial charge < -0.3 is 0 Å². The molecular weight excluding hydrogens is 72.1 g/mol. The molecular formula is C6H4+. The van der Waals surface area contributed by atoms with Crippen LogP contribution in [-0.2, 0) is 0 Å². The van der Waals surface area contributed by atoms with Gasteiger partial charge in [0.1, 0.15) is 5.73 Å². The second-order valence-corrected chi connectivity index (χ2v) is 0.604. The molecule has 0 aromatic carbocycles. The zero-order valence-electron chi connectivity index (χ0n) is 3.41. The van der Waals surface area contributed by atoms with Crippen molar-refractivity contribution in [3.63, 3.8) is 0 Å². The van der Waals surface area contributed by atoms with E-state index in [1.807, 2.05) is 0 Å². The fourth-order valence-corrected chi connectivity index (χ4v) is 0.0884. The van der Waals surface area contributed by atoms with Crippen LogP contribution in [0.2, 0.25) is 0 Å². The lowest BCUT2D eigenvalue weighted by molar-refractivity contribution is 1.99. The van der Waals surface area contributed by atoms with Gasteiger partial charge in [-0.05, 0) is 12.3 Å². The molecule has 0 fully saturated rings. The highest BCUT2D eigenvalue weighted by molar-refractivity contribution is 4.79. The standard InChI is InChI=1S/C6H4/c1-3-5-6-4-2/h1-2H2/q+1. The predicted molar refractivity (Wildman–Crippen MR) is 24.8 cm³/mol. The van der Waals surface area contributed by atoms with Crippen LogP contribution in [0.1, 0.15) is 0 Å². The first-order chi connectivity index (χ1) is 2.91. The van der Waals surface area contributed by atoms with Crippen molar-refractivity contribution < 1.29 is 0 Å². The van der Waals surface area contributed by atoms with Crippen molar-refractivity contribution in [3.8, 4) is 0 Å². The summed E-state index contributed by atoms with van der Waals surface area (Å²) in [5.74, 6) is 0. The lowest BCUT2D eigenvalue weighted by Gasteiger charge is -1.24. The summed E-state index contributed by atoms with van der Waals surface area (Å²) in [5.41, 5.74) is 7.18. The Labute approximate surface area is 37.8 Å². The maximum absolute atomic E-state index is 3.23. The van der Waals surface area contributed by atoms with Crippen LogP contribution in [0.4, 0.5) is 0 Å². The van der Waals surface area contributed by atoms with Crippen molar-refractivity contribution in [2.45, 2.75) is 0 Å². The molecule has 0 heteroatoms. The topological polar surface area (TPSA) is 0 Å². The van der Waals surface area contributed by atoms with E-state index in [2.05, 4.69) is 36.8 Å². The van der Waals surface area contributed by atoms with Gasteiger partial charge in [-0.15, -0.1) is 0 Å². The monoisotopic (exact) mass is 76.0 g/mol. The Balaban J connectivity index is 4.19. The Bertz CT molecular complexity index is 124. The highest BCUT2D eigenvalue weighted by Crippen LogP contribution is 1.49. The van der Waals surface area contributed by atoms with E-state index in [-0.39, 0.29) is 0 Å². The summed E-state index contributed by atoms with van der Waals surface area (Å²) < 4.78 is 0. The van der Waals surface area contributed by atoms with E-state index in [1.54, 1.807) is 0 Å². The number of hydrogen-bond donors (Lipinski definition) is 0. The van der Waals surface area contributed by atoms with Crippen LogP contribution in [-0.4, -0.2) is 0 Å². The average molecular weight is 76.1 g/mol. The SMILES string of the molecule is C=C=C=C=[C][CH2+]. The lowest BCUT2D eigenvalue weighted by Crippen LogP contribution is -1.25. The van der Waals surface area contributed by atoms with Gasteiger partial charge in [0.25, 0.3) is 6.08 Å². The summed E-state index contributed by atoms with van der Waals surface area (Å²) in [7, 11) is 0. The molecule has 1 radical (unpaired) electrons. The Morgan fingerprint density at radius 2 is 2.00 bits per heavy atom. The molecule has 0 aromatic heterocycles. The number of allylic oxidation sites excluding steroid dienone is 1. The maximum Gasteiger partial charge on any atom is 0.255 e. The second-order valence-electron chi connectivity index (χ2n) is 0.604. The fraction of sp³-hybridized carbons (Fsp3) is 0. The second kappa shape index (κ2) is 3.95. The summed E-state index contributed by atoms with van der Waals surface area (Å²) in [6.07, 6.45) is 2.36. The van der Waals surface area contributed by atoms with E-state index in [1.165, 1.54) is 0 Å². The Morgan fingerprint density at radius 1 is 1.33 bits per heavy atom. The molecule has 27 valence electrons. The first-order valence-electron chi connectivity index (χ1n) is 1.46. The molecule has 0 aliphatic rings. The minimum Gasteiger partial charge on any atom is -0.0456 e. The van der Waals surface area contributed by atoms with Crippen LogP contribution in [0.25, 0.3) is 0 Å². The van der Waals surface area contributed by atoms with Crippen LogP contribution in [0, 0.1) is 13.0 Å². The molecule has 0 heterocycles. The summed E-state index contributed by atoms with van der Waals surface area (Å²) in [4.78, 5) is 0. The van der Waals surface area contributed by atoms with Crippen molar-refractivity contribution in [1.29, 1.82) is 0 Å². The van der Waals surface area contributed by atoms with E-state index in [0.29, 0.717) is 0 Å². The van der Waals surface area contributed by atoms with Gasteiger partial charge in [0, 0.05) is 0 Å². The van der Waals surface area contributed by atoms with Gasteiger partial charge in [-0.2, -0.15) is 0 Å². The van der Waals surface area contributed by atoms with Crippen molar-refractivity contribution in [1.82, 2.24) is 0 Å². The Hall–Kier alpha value is -1.05. The zero-order valence-corrected chi connectivity index (χ0v) is 3.41. The third kappa shape index (κ3) is 2.95. The summed E-state index contributed by atoms with van der Waals surface area (Å²) >= 11 is 0. The molecule has 0 amide bonds. The van der Waals surface area contributed by atoms with Crippen LogP contribution >= 0.6 is 0 Å². The molecule has 0 rings (SSSR count). The van der Waals surface area contributed by atoms with Crippen LogP contribution in [0.5, 0.6) is 0 Å². The highest BCUT2D eigenvalue weighted by atomic mass is 13.4. The molecule has 0 saturated carbocycles. The van der Waals surface area contributed by atoms with Crippen molar-refractivity contribution in [2.75, 3.05) is 0 Å². The average Bonchev–Trinajstić information content (AvgIpc) is 1.61. The van der Waals surface area contributed by atoms with E-state index < -0.39 is 0 Å². The van der Waals surface area contributed by atoms with Crippen molar-refractivity contribution >= 4 is 0 Å². The summed E-state index contributed by atoms with van der Waals surface area (Å²) in [5, 5.41) is 0. The molecule has 0 aliphatic carbocycles. The van der Waals surface area contributed by atoms with E-state index in [4.69, 9.17) is 0 Å². The van der Waals surface area contributed by atoms with Crippen LogP contribution in [0.15, 0.2) is 23.8 Å². The molecule has 0 atom stereocenters. The fourth-order valence-electron chi connectivity index (χ4n) is 0.0884. The number of rotatable bonds is 0. The van der Waals surface area contributed by atoms with Crippen molar-refractivity contribution in [3.05, 3.63) is 36.8 Å². The Kier molecular flexibility index (Phi) is 3.26. The van der Waals surface area contributed by atoms with E-state index in [9.17, 15) is 0 Å². The number of hydrogen-bond acceptors (Lipinski definition) is 0. The predicted octanol–water partition coefficient (Wildman–Crippen LogP) is 1.27. The summed E-state index contributed by atoms with van der Waals surface area (Å²) in [6.45, 7) is 6.46. The molecule has 0 saturated heterocycles. The molecule has 0 unspecified atom stereocenters. The van der Waals surface area contributed by atoms with E-state index >= 15 is 0 Å². The molecule has 0 aromatic rings. The minimum absolute atomic E-state index is 2.36. The Morgan fingerprint density at radius 3 is 2.17 bits per heavy atom. The quantitative estimate of drug-likeness (QED) is 0.301. The molecule has 6 heavy (non-hydrogen) atoms. The molecule has 0 aliphatic heterocycles. The third-order valence-corrected chi connectivity index (χ3v) is 0.239. The van der Waals surface area contributed by atoms with Gasteiger partial charge in [-0.3, -0.25) is 0 Å². The first kappa shape index (κ1) is 4.95. The summed E-state index contributed by atoms with van der Waals surface area (Å²) in [6, 6.07) is 0. The van der Waals surface area contributed by atoms with Crippen molar-refractivity contribution in [2.24, 2.45) is 0 Å². The maximum atomic E-state index is 3.23. The lowest BCUT2D eigenvalue weighted by atomic mass is 10.6. The van der Waals surface area contributed by atoms with Gasteiger partial charge >= 0.3 is 0 Å². The third-order valence-electron chi connectivity index (χ3n) is 0.239. The van der Waals surface area contributed by atoms with E-state index in [0.717, 1.165) is 0 Å². The minimum atomic E-state index is 2.36. The van der Waals surface area contributed by atoms with Gasteiger partial charge in [-0.25, -0.2) is 0 Å². The first-order valence-corrected chi connectivity index (χ1v) is 1.46. The largest absolute Gasteiger partial charge is 0.255 e. The smallest absolute Gasteiger partial charge is 0.0456 e. The highest BCUT2D eigenvalue weighted by Gasteiger charge is 1.52. The van der Waals surface area contributed by atoms with Gasteiger partial charge in [0.05, 0.1) is 6.92 Å². The zero-order chi connectivity index (χ0) is 4.83.